The third kappa shape index (κ3) is 2.33. The summed E-state index contributed by atoms with van der Waals surface area (Å²) < 4.78 is 0. The van der Waals surface area contributed by atoms with E-state index < -0.39 is 0 Å². The van der Waals surface area contributed by atoms with Crippen molar-refractivity contribution in [3.63, 3.8) is 0 Å². The molecule has 2 aromatic rings. The molecule has 1 aliphatic carbocycles. The second kappa shape index (κ2) is 5.23. The van der Waals surface area contributed by atoms with E-state index in [0.717, 1.165) is 10.6 Å². The van der Waals surface area contributed by atoms with E-state index in [1.165, 1.54) is 36.2 Å². The molecule has 98 valence electrons. The summed E-state index contributed by atoms with van der Waals surface area (Å²) in [6.07, 6.45) is 3.64. The van der Waals surface area contributed by atoms with Gasteiger partial charge in [0.05, 0.1) is 0 Å². The van der Waals surface area contributed by atoms with E-state index in [1.54, 1.807) is 0 Å². The second-order valence-electron chi connectivity index (χ2n) is 4.87. The smallest absolute Gasteiger partial charge is 0.212 e. The van der Waals surface area contributed by atoms with Gasteiger partial charge in [0.1, 0.15) is 10.7 Å². The van der Waals surface area contributed by atoms with Gasteiger partial charge in [-0.3, -0.25) is 4.79 Å². The highest BCUT2D eigenvalue weighted by molar-refractivity contribution is 7.09. The lowest BCUT2D eigenvalue weighted by Gasteiger charge is -2.27. The summed E-state index contributed by atoms with van der Waals surface area (Å²) in [5.41, 5.74) is 8.06. The average molecular weight is 272 g/mol. The molecule has 4 heteroatoms. The van der Waals surface area contributed by atoms with Crippen molar-refractivity contribution in [2.24, 2.45) is 5.73 Å². The van der Waals surface area contributed by atoms with Gasteiger partial charge < -0.3 is 5.73 Å². The predicted octanol–water partition coefficient (Wildman–Crippen LogP) is 3.10. The monoisotopic (exact) mass is 272 g/mol. The summed E-state index contributed by atoms with van der Waals surface area (Å²) in [6.45, 7) is 0.391. The normalized spacial score (nSPS) is 15.2. The zero-order chi connectivity index (χ0) is 13.2. The van der Waals surface area contributed by atoms with Crippen LogP contribution < -0.4 is 5.73 Å². The minimum absolute atomic E-state index is 0.0263. The van der Waals surface area contributed by atoms with Crippen LogP contribution in [0.5, 0.6) is 0 Å². The fourth-order valence-electron chi connectivity index (χ4n) is 2.43. The highest BCUT2D eigenvalue weighted by Crippen LogP contribution is 2.38. The van der Waals surface area contributed by atoms with E-state index >= 15 is 0 Å². The molecule has 0 bridgehead atoms. The fourth-order valence-corrected chi connectivity index (χ4v) is 3.08. The number of rotatable bonds is 4. The third-order valence-electron chi connectivity index (χ3n) is 3.71. The van der Waals surface area contributed by atoms with Gasteiger partial charge in [-0.05, 0) is 24.3 Å². The lowest BCUT2D eigenvalue weighted by molar-refractivity contribution is 0.103. The Hall–Kier alpha value is -1.52. The van der Waals surface area contributed by atoms with Gasteiger partial charge in [0, 0.05) is 17.5 Å². The summed E-state index contributed by atoms with van der Waals surface area (Å²) in [6, 6.07) is 7.92. The molecule has 3 rings (SSSR count). The number of carbonyl (C=O) groups is 1. The Bertz CT molecular complexity index is 602. The Morgan fingerprint density at radius 3 is 2.79 bits per heavy atom. The molecule has 1 aromatic carbocycles. The first-order chi connectivity index (χ1) is 9.29. The first-order valence-electron chi connectivity index (χ1n) is 6.57. The van der Waals surface area contributed by atoms with Gasteiger partial charge in [0.15, 0.2) is 0 Å². The summed E-state index contributed by atoms with van der Waals surface area (Å²) >= 11 is 1.45. The van der Waals surface area contributed by atoms with Crippen molar-refractivity contribution < 1.29 is 4.79 Å². The number of nitrogens with zero attached hydrogens (tertiary/aromatic N) is 1. The fraction of sp³-hybridized carbons (Fsp3) is 0.333. The van der Waals surface area contributed by atoms with Crippen LogP contribution in [0.25, 0.3) is 0 Å². The third-order valence-corrected chi connectivity index (χ3v) is 4.58. The number of aromatic nitrogens is 1. The molecule has 0 amide bonds. The first kappa shape index (κ1) is 12.5. The summed E-state index contributed by atoms with van der Waals surface area (Å²) in [5, 5.41) is 2.62. The molecule has 19 heavy (non-hydrogen) atoms. The Morgan fingerprint density at radius 1 is 1.37 bits per heavy atom. The molecule has 1 saturated carbocycles. The number of thiazole rings is 1. The number of ketones is 1. The Balaban J connectivity index is 1.94. The maximum absolute atomic E-state index is 12.5. The molecule has 1 heterocycles. The molecule has 2 N–H and O–H groups in total. The van der Waals surface area contributed by atoms with Crippen molar-refractivity contribution in [2.45, 2.75) is 31.7 Å². The van der Waals surface area contributed by atoms with Crippen LogP contribution in [-0.2, 0) is 6.54 Å². The quantitative estimate of drug-likeness (QED) is 0.870. The minimum atomic E-state index is 0.0263. The molecular weight excluding hydrogens is 256 g/mol. The molecule has 0 aliphatic heterocycles. The maximum atomic E-state index is 12.5. The van der Waals surface area contributed by atoms with Crippen LogP contribution in [0.3, 0.4) is 0 Å². The molecule has 0 saturated heterocycles. The van der Waals surface area contributed by atoms with Crippen molar-refractivity contribution >= 4 is 17.1 Å². The molecule has 0 unspecified atom stereocenters. The summed E-state index contributed by atoms with van der Waals surface area (Å²) in [4.78, 5) is 16.8. The molecule has 0 atom stereocenters. The van der Waals surface area contributed by atoms with E-state index in [2.05, 4.69) is 11.1 Å². The molecule has 1 aromatic heterocycles. The van der Waals surface area contributed by atoms with E-state index in [9.17, 15) is 4.79 Å². The lowest BCUT2D eigenvalue weighted by Crippen LogP contribution is -2.14. The van der Waals surface area contributed by atoms with Gasteiger partial charge in [0.2, 0.25) is 5.78 Å². The van der Waals surface area contributed by atoms with Crippen molar-refractivity contribution in [1.29, 1.82) is 0 Å². The van der Waals surface area contributed by atoms with E-state index in [1.807, 2.05) is 23.6 Å². The van der Waals surface area contributed by atoms with Gasteiger partial charge in [-0.2, -0.15) is 0 Å². The van der Waals surface area contributed by atoms with Crippen molar-refractivity contribution in [1.82, 2.24) is 4.98 Å². The van der Waals surface area contributed by atoms with E-state index in [-0.39, 0.29) is 5.78 Å². The van der Waals surface area contributed by atoms with Crippen LogP contribution in [0, 0.1) is 0 Å². The standard InChI is InChI=1S/C15H16N2OS/c16-8-14-17-13(9-19-14)15(18)12-7-2-1-6-11(12)10-4-3-5-10/h1-2,6-7,9-10H,3-5,8,16H2. The van der Waals surface area contributed by atoms with Crippen LogP contribution in [0.1, 0.15) is 51.8 Å². The van der Waals surface area contributed by atoms with Gasteiger partial charge in [-0.1, -0.05) is 30.7 Å². The highest BCUT2D eigenvalue weighted by atomic mass is 32.1. The van der Waals surface area contributed by atoms with Crippen molar-refractivity contribution in [2.75, 3.05) is 0 Å². The van der Waals surface area contributed by atoms with Crippen molar-refractivity contribution in [3.8, 4) is 0 Å². The topological polar surface area (TPSA) is 56.0 Å². The minimum Gasteiger partial charge on any atom is -0.325 e. The number of carbonyl (C=O) groups excluding carboxylic acids is 1. The SMILES string of the molecule is NCc1nc(C(=O)c2ccccc2C2CCC2)cs1. The van der Waals surface area contributed by atoms with Crippen LogP contribution in [-0.4, -0.2) is 10.8 Å². The Morgan fingerprint density at radius 2 is 2.16 bits per heavy atom. The van der Waals surface area contributed by atoms with Gasteiger partial charge in [0.25, 0.3) is 0 Å². The van der Waals surface area contributed by atoms with Crippen LogP contribution in [0.4, 0.5) is 0 Å². The highest BCUT2D eigenvalue weighted by Gasteiger charge is 2.25. The number of hydrogen-bond acceptors (Lipinski definition) is 4. The molecule has 3 nitrogen and oxygen atoms in total. The second-order valence-corrected chi connectivity index (χ2v) is 5.82. The zero-order valence-corrected chi connectivity index (χ0v) is 11.5. The average Bonchev–Trinajstić information content (AvgIpc) is 2.85. The molecule has 0 radical (unpaired) electrons. The van der Waals surface area contributed by atoms with Gasteiger partial charge in [-0.25, -0.2) is 4.98 Å². The summed E-state index contributed by atoms with van der Waals surface area (Å²) in [7, 11) is 0. The number of hydrogen-bond donors (Lipinski definition) is 1. The number of benzene rings is 1. The van der Waals surface area contributed by atoms with Crippen molar-refractivity contribution in [3.05, 3.63) is 51.5 Å². The first-order valence-corrected chi connectivity index (χ1v) is 7.45. The van der Waals surface area contributed by atoms with E-state index in [4.69, 9.17) is 5.73 Å². The van der Waals surface area contributed by atoms with Gasteiger partial charge in [-0.15, -0.1) is 11.3 Å². The lowest BCUT2D eigenvalue weighted by atomic mass is 9.77. The van der Waals surface area contributed by atoms with Crippen LogP contribution in [0.15, 0.2) is 29.6 Å². The predicted molar refractivity (Wildman–Crippen MR) is 76.5 cm³/mol. The van der Waals surface area contributed by atoms with E-state index in [0.29, 0.717) is 18.2 Å². The largest absolute Gasteiger partial charge is 0.325 e. The molecule has 1 aliphatic rings. The Labute approximate surface area is 116 Å². The van der Waals surface area contributed by atoms with Crippen LogP contribution in [0.2, 0.25) is 0 Å². The maximum Gasteiger partial charge on any atom is 0.212 e. The Kier molecular flexibility index (Phi) is 3.44. The summed E-state index contributed by atoms with van der Waals surface area (Å²) in [5.74, 6) is 0.575. The molecule has 0 spiro atoms. The van der Waals surface area contributed by atoms with Gasteiger partial charge >= 0.3 is 0 Å². The number of nitrogens with two attached hydrogens (primary N) is 1. The molecular formula is C15H16N2OS. The van der Waals surface area contributed by atoms with Crippen LogP contribution >= 0.6 is 11.3 Å². The zero-order valence-electron chi connectivity index (χ0n) is 10.6. The molecule has 1 fully saturated rings.